The topological polar surface area (TPSA) is 90.5 Å². The SMILES string of the molecule is CN(C)CCCN(C)C(=O)c1cccc(Nc2ncc3c(n2)-c2ccc(Cl)cc2NC(=O)C3)c1. The quantitative estimate of drug-likeness (QED) is 0.532. The Morgan fingerprint density at radius 1 is 1.15 bits per heavy atom. The van der Waals surface area contributed by atoms with Gasteiger partial charge in [0.15, 0.2) is 0 Å². The van der Waals surface area contributed by atoms with Gasteiger partial charge in [-0.15, -0.1) is 0 Å². The van der Waals surface area contributed by atoms with Gasteiger partial charge in [0.1, 0.15) is 0 Å². The van der Waals surface area contributed by atoms with Crippen molar-refractivity contribution in [1.29, 1.82) is 0 Å². The largest absolute Gasteiger partial charge is 0.342 e. The molecule has 0 saturated heterocycles. The standard InChI is InChI=1S/C25H27ClN6O2/c1-31(2)10-5-11-32(3)24(34)16-6-4-7-19(12-16)28-25-27-15-17-13-22(33)29-21-14-18(26)8-9-20(21)23(17)30-25/h4,6-9,12,14-15H,5,10-11,13H2,1-3H3,(H,29,33)(H,27,28,30). The molecule has 0 aliphatic carbocycles. The zero-order chi connectivity index (χ0) is 24.2. The monoisotopic (exact) mass is 478 g/mol. The number of amides is 2. The summed E-state index contributed by atoms with van der Waals surface area (Å²) in [6.45, 7) is 1.60. The summed E-state index contributed by atoms with van der Waals surface area (Å²) < 4.78 is 0. The normalized spacial score (nSPS) is 12.4. The number of halogens is 1. The van der Waals surface area contributed by atoms with Crippen molar-refractivity contribution in [3.63, 3.8) is 0 Å². The first kappa shape index (κ1) is 23.7. The fourth-order valence-electron chi connectivity index (χ4n) is 3.83. The van der Waals surface area contributed by atoms with Crippen LogP contribution in [0.5, 0.6) is 0 Å². The molecular weight excluding hydrogens is 452 g/mol. The molecule has 8 nitrogen and oxygen atoms in total. The van der Waals surface area contributed by atoms with Crippen LogP contribution in [0.4, 0.5) is 17.3 Å². The van der Waals surface area contributed by atoms with Gasteiger partial charge in [-0.3, -0.25) is 9.59 Å². The lowest BCUT2D eigenvalue weighted by Gasteiger charge is -2.19. The van der Waals surface area contributed by atoms with Gasteiger partial charge >= 0.3 is 0 Å². The van der Waals surface area contributed by atoms with Crippen LogP contribution in [0, 0.1) is 0 Å². The zero-order valence-electron chi connectivity index (χ0n) is 19.4. The van der Waals surface area contributed by atoms with E-state index in [2.05, 4.69) is 25.5 Å². The van der Waals surface area contributed by atoms with Crippen LogP contribution in [-0.4, -0.2) is 65.8 Å². The Hall–Kier alpha value is -3.49. The molecule has 2 aromatic carbocycles. The van der Waals surface area contributed by atoms with Crippen LogP contribution in [-0.2, 0) is 11.2 Å². The van der Waals surface area contributed by atoms with Gasteiger partial charge in [0.2, 0.25) is 11.9 Å². The van der Waals surface area contributed by atoms with Crippen LogP contribution in [0.2, 0.25) is 5.02 Å². The highest BCUT2D eigenvalue weighted by atomic mass is 35.5. The molecule has 0 atom stereocenters. The van der Waals surface area contributed by atoms with E-state index in [1.807, 2.05) is 39.3 Å². The molecule has 176 valence electrons. The fraction of sp³-hybridized carbons (Fsp3) is 0.280. The molecule has 4 rings (SSSR count). The van der Waals surface area contributed by atoms with E-state index in [9.17, 15) is 9.59 Å². The van der Waals surface area contributed by atoms with E-state index in [1.54, 1.807) is 35.4 Å². The zero-order valence-corrected chi connectivity index (χ0v) is 20.2. The number of carbonyl (C=O) groups is 2. The Labute approximate surface area is 204 Å². The van der Waals surface area contributed by atoms with E-state index < -0.39 is 0 Å². The van der Waals surface area contributed by atoms with Gasteiger partial charge in [0, 0.05) is 47.2 Å². The minimum absolute atomic E-state index is 0.0411. The molecule has 3 aromatic rings. The maximum absolute atomic E-state index is 12.9. The number of carbonyl (C=O) groups excluding carboxylic acids is 2. The highest BCUT2D eigenvalue weighted by molar-refractivity contribution is 6.31. The van der Waals surface area contributed by atoms with Crippen molar-refractivity contribution in [1.82, 2.24) is 19.8 Å². The molecule has 0 saturated carbocycles. The summed E-state index contributed by atoms with van der Waals surface area (Å²) in [4.78, 5) is 38.0. The van der Waals surface area contributed by atoms with Gasteiger partial charge in [-0.05, 0) is 63.5 Å². The number of nitrogens with zero attached hydrogens (tertiary/aromatic N) is 4. The van der Waals surface area contributed by atoms with Crippen molar-refractivity contribution >= 4 is 40.7 Å². The number of nitrogens with one attached hydrogen (secondary N) is 2. The second kappa shape index (κ2) is 10.2. The van der Waals surface area contributed by atoms with Crippen LogP contribution in [0.25, 0.3) is 11.3 Å². The summed E-state index contributed by atoms with van der Waals surface area (Å²) >= 11 is 6.12. The summed E-state index contributed by atoms with van der Waals surface area (Å²) in [6.07, 6.45) is 2.73. The minimum atomic E-state index is -0.146. The maximum atomic E-state index is 12.9. The smallest absolute Gasteiger partial charge is 0.253 e. The number of rotatable bonds is 7. The lowest BCUT2D eigenvalue weighted by molar-refractivity contribution is -0.115. The Morgan fingerprint density at radius 2 is 1.97 bits per heavy atom. The summed E-state index contributed by atoms with van der Waals surface area (Å²) in [5.41, 5.74) is 4.07. The summed E-state index contributed by atoms with van der Waals surface area (Å²) in [6, 6.07) is 12.6. The van der Waals surface area contributed by atoms with E-state index in [1.165, 1.54) is 0 Å². The first-order chi connectivity index (χ1) is 16.3. The van der Waals surface area contributed by atoms with Crippen molar-refractivity contribution < 1.29 is 9.59 Å². The molecule has 2 amide bonds. The number of aromatic nitrogens is 2. The van der Waals surface area contributed by atoms with Crippen LogP contribution in [0.3, 0.4) is 0 Å². The van der Waals surface area contributed by atoms with Crippen molar-refractivity contribution in [2.75, 3.05) is 44.9 Å². The molecule has 0 radical (unpaired) electrons. The van der Waals surface area contributed by atoms with Gasteiger partial charge in [-0.2, -0.15) is 0 Å². The maximum Gasteiger partial charge on any atom is 0.253 e. The molecule has 0 fully saturated rings. The molecule has 1 aliphatic heterocycles. The Bertz CT molecular complexity index is 1230. The van der Waals surface area contributed by atoms with Gasteiger partial charge in [-0.1, -0.05) is 17.7 Å². The number of benzene rings is 2. The molecule has 34 heavy (non-hydrogen) atoms. The molecule has 0 bridgehead atoms. The molecule has 2 heterocycles. The van der Waals surface area contributed by atoms with Crippen LogP contribution >= 0.6 is 11.6 Å². The van der Waals surface area contributed by atoms with Gasteiger partial charge in [0.25, 0.3) is 5.91 Å². The fourth-order valence-corrected chi connectivity index (χ4v) is 4.00. The molecule has 9 heteroatoms. The van der Waals surface area contributed by atoms with Crippen LogP contribution < -0.4 is 10.6 Å². The molecule has 0 unspecified atom stereocenters. The first-order valence-electron chi connectivity index (χ1n) is 11.0. The van der Waals surface area contributed by atoms with E-state index in [0.717, 1.165) is 24.1 Å². The number of hydrogen-bond acceptors (Lipinski definition) is 6. The molecule has 1 aliphatic rings. The van der Waals surface area contributed by atoms with Crippen LogP contribution in [0.1, 0.15) is 22.3 Å². The molecule has 2 N–H and O–H groups in total. The lowest BCUT2D eigenvalue weighted by atomic mass is 10.1. The van der Waals surface area contributed by atoms with E-state index in [-0.39, 0.29) is 18.2 Å². The van der Waals surface area contributed by atoms with Crippen molar-refractivity contribution in [3.8, 4) is 11.3 Å². The second-order valence-electron chi connectivity index (χ2n) is 8.57. The summed E-state index contributed by atoms with van der Waals surface area (Å²) in [5.74, 6) is 0.186. The molecular formula is C25H27ClN6O2. The average molecular weight is 479 g/mol. The highest BCUT2D eigenvalue weighted by Gasteiger charge is 2.21. The highest BCUT2D eigenvalue weighted by Crippen LogP contribution is 2.34. The Morgan fingerprint density at radius 3 is 2.76 bits per heavy atom. The Balaban J connectivity index is 1.55. The second-order valence-corrected chi connectivity index (χ2v) is 9.01. The molecule has 1 aromatic heterocycles. The summed E-state index contributed by atoms with van der Waals surface area (Å²) in [7, 11) is 5.85. The minimum Gasteiger partial charge on any atom is -0.342 e. The third-order valence-corrected chi connectivity index (χ3v) is 5.77. The number of anilines is 3. The van der Waals surface area contributed by atoms with Gasteiger partial charge < -0.3 is 20.4 Å². The average Bonchev–Trinajstić information content (AvgIpc) is 2.93. The van der Waals surface area contributed by atoms with Crippen molar-refractivity contribution in [3.05, 3.63) is 64.8 Å². The Kier molecular flexibility index (Phi) is 7.09. The van der Waals surface area contributed by atoms with Crippen molar-refractivity contribution in [2.24, 2.45) is 0 Å². The lowest BCUT2D eigenvalue weighted by Crippen LogP contribution is -2.29. The third kappa shape index (κ3) is 5.52. The number of hydrogen-bond donors (Lipinski definition) is 2. The molecule has 0 spiro atoms. The van der Waals surface area contributed by atoms with Gasteiger partial charge in [-0.25, -0.2) is 9.97 Å². The van der Waals surface area contributed by atoms with E-state index in [4.69, 9.17) is 11.6 Å². The van der Waals surface area contributed by atoms with E-state index in [0.29, 0.717) is 40.1 Å². The van der Waals surface area contributed by atoms with E-state index >= 15 is 0 Å². The number of fused-ring (bicyclic) bond motifs is 3. The van der Waals surface area contributed by atoms with Crippen LogP contribution in [0.15, 0.2) is 48.7 Å². The van der Waals surface area contributed by atoms with Gasteiger partial charge in [0.05, 0.1) is 17.8 Å². The third-order valence-electron chi connectivity index (χ3n) is 5.54. The first-order valence-corrected chi connectivity index (χ1v) is 11.4. The van der Waals surface area contributed by atoms with Crippen molar-refractivity contribution in [2.45, 2.75) is 12.8 Å². The predicted molar refractivity (Wildman–Crippen MR) is 135 cm³/mol. The summed E-state index contributed by atoms with van der Waals surface area (Å²) in [5, 5.41) is 6.59. The predicted octanol–water partition coefficient (Wildman–Crippen LogP) is 4.06.